The summed E-state index contributed by atoms with van der Waals surface area (Å²) in [5.74, 6) is -0.391. The Kier molecular flexibility index (Phi) is 3.04. The third-order valence-corrected chi connectivity index (χ3v) is 4.04. The van der Waals surface area contributed by atoms with Crippen LogP contribution in [0.1, 0.15) is 37.4 Å². The van der Waals surface area contributed by atoms with E-state index in [0.717, 1.165) is 0 Å². The van der Waals surface area contributed by atoms with Gasteiger partial charge in [0.05, 0.1) is 16.1 Å². The number of carbonyl (C=O) groups excluding carboxylic acids is 2. The van der Waals surface area contributed by atoms with E-state index < -0.39 is 0 Å². The summed E-state index contributed by atoms with van der Waals surface area (Å²) < 4.78 is 0. The molecule has 2 aromatic rings. The van der Waals surface area contributed by atoms with Gasteiger partial charge in [-0.1, -0.05) is 29.8 Å². The fourth-order valence-electron chi connectivity index (χ4n) is 2.43. The fourth-order valence-corrected chi connectivity index (χ4v) is 2.92. The highest BCUT2D eigenvalue weighted by atomic mass is 35.5. The third-order valence-electron chi connectivity index (χ3n) is 3.44. The number of fused-ring (bicyclic) bond motifs is 2. The number of rotatable bonds is 1. The van der Waals surface area contributed by atoms with Crippen molar-refractivity contribution in [3.05, 3.63) is 63.2 Å². The maximum absolute atomic E-state index is 12.6. The van der Waals surface area contributed by atoms with Gasteiger partial charge in [-0.25, -0.2) is 0 Å². The second kappa shape index (κ2) is 4.62. The molecule has 0 amide bonds. The Balaban J connectivity index is 2.35. The van der Waals surface area contributed by atoms with E-state index in [0.29, 0.717) is 5.56 Å². The van der Waals surface area contributed by atoms with Gasteiger partial charge in [0.15, 0.2) is 11.6 Å². The molecule has 100 valence electrons. The molecule has 0 spiro atoms. The first kappa shape index (κ1) is 13.2. The zero-order valence-electron chi connectivity index (χ0n) is 10.2. The number of halogens is 2. The van der Waals surface area contributed by atoms with Crippen LogP contribution in [0.3, 0.4) is 0 Å². The molecule has 0 atom stereocenters. The number of benzene rings is 2. The zero-order valence-corrected chi connectivity index (χ0v) is 11.8. The van der Waals surface area contributed by atoms with Crippen LogP contribution in [0.2, 0.25) is 5.02 Å². The van der Waals surface area contributed by atoms with Crippen molar-refractivity contribution in [1.29, 1.82) is 0 Å². The molecule has 1 aliphatic carbocycles. The van der Waals surface area contributed by atoms with Crippen molar-refractivity contribution in [1.82, 2.24) is 0 Å². The molecule has 0 saturated heterocycles. The minimum Gasteiger partial charge on any atom is -0.398 e. The zero-order chi connectivity index (χ0) is 14.4. The summed E-state index contributed by atoms with van der Waals surface area (Å²) in [6, 6.07) is 8.05. The first-order valence-corrected chi connectivity index (χ1v) is 6.82. The van der Waals surface area contributed by atoms with Crippen LogP contribution in [0.4, 0.5) is 5.69 Å². The maximum Gasteiger partial charge on any atom is 0.196 e. The molecule has 2 N–H and O–H groups in total. The Morgan fingerprint density at radius 3 is 2.30 bits per heavy atom. The summed E-state index contributed by atoms with van der Waals surface area (Å²) in [6.45, 7) is 0. The van der Waals surface area contributed by atoms with Crippen LogP contribution in [-0.2, 0) is 5.88 Å². The second-order valence-corrected chi connectivity index (χ2v) is 5.19. The van der Waals surface area contributed by atoms with E-state index >= 15 is 0 Å². The molecule has 3 rings (SSSR count). The molecular formula is C15H9Cl2NO2. The van der Waals surface area contributed by atoms with Gasteiger partial charge < -0.3 is 5.73 Å². The average molecular weight is 306 g/mol. The van der Waals surface area contributed by atoms with Crippen LogP contribution in [0, 0.1) is 0 Å². The number of hydrogen-bond donors (Lipinski definition) is 1. The lowest BCUT2D eigenvalue weighted by atomic mass is 9.82. The normalized spacial score (nSPS) is 13.1. The smallest absolute Gasteiger partial charge is 0.196 e. The van der Waals surface area contributed by atoms with Gasteiger partial charge in [-0.2, -0.15) is 0 Å². The summed E-state index contributed by atoms with van der Waals surface area (Å²) in [5.41, 5.74) is 7.90. The monoisotopic (exact) mass is 305 g/mol. The summed E-state index contributed by atoms with van der Waals surface area (Å²) in [6.07, 6.45) is 0. The van der Waals surface area contributed by atoms with E-state index in [1.807, 2.05) is 0 Å². The quantitative estimate of drug-likeness (QED) is 0.553. The van der Waals surface area contributed by atoms with E-state index in [1.54, 1.807) is 30.3 Å². The van der Waals surface area contributed by atoms with Gasteiger partial charge in [0, 0.05) is 22.7 Å². The van der Waals surface area contributed by atoms with Crippen LogP contribution < -0.4 is 5.73 Å². The summed E-state index contributed by atoms with van der Waals surface area (Å²) in [4.78, 5) is 25.1. The van der Waals surface area contributed by atoms with Crippen molar-refractivity contribution in [2.24, 2.45) is 0 Å². The molecule has 20 heavy (non-hydrogen) atoms. The van der Waals surface area contributed by atoms with Gasteiger partial charge in [-0.05, 0) is 17.7 Å². The molecule has 0 aliphatic heterocycles. The van der Waals surface area contributed by atoms with Crippen LogP contribution in [0.5, 0.6) is 0 Å². The number of anilines is 1. The average Bonchev–Trinajstić information content (AvgIpc) is 2.44. The Hall–Kier alpha value is -1.84. The SMILES string of the molecule is Nc1c(CCl)ccc2c1C(=O)c1cccc(Cl)c1C2=O. The van der Waals surface area contributed by atoms with Gasteiger partial charge >= 0.3 is 0 Å². The minimum atomic E-state index is -0.290. The fraction of sp³-hybridized carbons (Fsp3) is 0.0667. The molecule has 3 nitrogen and oxygen atoms in total. The highest BCUT2D eigenvalue weighted by molar-refractivity contribution is 6.39. The number of ketones is 2. The minimum absolute atomic E-state index is 0.184. The number of alkyl halides is 1. The van der Waals surface area contributed by atoms with Gasteiger partial charge in [-0.15, -0.1) is 11.6 Å². The van der Waals surface area contributed by atoms with Crippen molar-refractivity contribution in [2.45, 2.75) is 5.88 Å². The van der Waals surface area contributed by atoms with Gasteiger partial charge in [0.2, 0.25) is 0 Å². The molecule has 0 aromatic heterocycles. The predicted octanol–water partition coefficient (Wildman–Crippen LogP) is 3.44. The summed E-state index contributed by atoms with van der Waals surface area (Å²) >= 11 is 11.8. The van der Waals surface area contributed by atoms with Gasteiger partial charge in [0.1, 0.15) is 0 Å². The molecular weight excluding hydrogens is 297 g/mol. The Morgan fingerprint density at radius 2 is 1.60 bits per heavy atom. The maximum atomic E-state index is 12.6. The molecule has 0 bridgehead atoms. The highest BCUT2D eigenvalue weighted by Crippen LogP contribution is 2.35. The highest BCUT2D eigenvalue weighted by Gasteiger charge is 2.33. The lowest BCUT2D eigenvalue weighted by molar-refractivity contribution is 0.0979. The largest absolute Gasteiger partial charge is 0.398 e. The molecule has 0 radical (unpaired) electrons. The van der Waals surface area contributed by atoms with Crippen molar-refractivity contribution >= 4 is 40.5 Å². The Labute approximate surface area is 125 Å². The Morgan fingerprint density at radius 1 is 0.950 bits per heavy atom. The van der Waals surface area contributed by atoms with Crippen LogP contribution in [0.15, 0.2) is 30.3 Å². The lowest BCUT2D eigenvalue weighted by Crippen LogP contribution is -2.23. The first-order valence-electron chi connectivity index (χ1n) is 5.91. The van der Waals surface area contributed by atoms with Crippen LogP contribution >= 0.6 is 23.2 Å². The summed E-state index contributed by atoms with van der Waals surface area (Å²) in [5, 5.41) is 0.270. The van der Waals surface area contributed by atoms with E-state index in [4.69, 9.17) is 28.9 Å². The first-order chi connectivity index (χ1) is 9.56. The summed E-state index contributed by atoms with van der Waals surface area (Å²) in [7, 11) is 0. The van der Waals surface area contributed by atoms with Crippen molar-refractivity contribution in [2.75, 3.05) is 5.73 Å². The van der Waals surface area contributed by atoms with Gasteiger partial charge in [0.25, 0.3) is 0 Å². The standard InChI is InChI=1S/C15H9Cl2NO2/c16-6-7-4-5-9-12(13(7)18)15(20)8-2-1-3-10(17)11(8)14(9)19/h1-5H,6,18H2. The Bertz CT molecular complexity index is 769. The van der Waals surface area contributed by atoms with E-state index in [-0.39, 0.29) is 50.4 Å². The van der Waals surface area contributed by atoms with E-state index in [1.165, 1.54) is 0 Å². The predicted molar refractivity (Wildman–Crippen MR) is 78.7 cm³/mol. The molecule has 0 fully saturated rings. The molecule has 5 heteroatoms. The van der Waals surface area contributed by atoms with E-state index in [2.05, 4.69) is 0 Å². The van der Waals surface area contributed by atoms with Crippen LogP contribution in [-0.4, -0.2) is 11.6 Å². The molecule has 2 aromatic carbocycles. The topological polar surface area (TPSA) is 60.2 Å². The molecule has 0 unspecified atom stereocenters. The van der Waals surface area contributed by atoms with Crippen molar-refractivity contribution in [3.8, 4) is 0 Å². The van der Waals surface area contributed by atoms with Crippen LogP contribution in [0.25, 0.3) is 0 Å². The number of nitrogens with two attached hydrogens (primary N) is 1. The van der Waals surface area contributed by atoms with E-state index in [9.17, 15) is 9.59 Å². The van der Waals surface area contributed by atoms with Crippen molar-refractivity contribution in [3.63, 3.8) is 0 Å². The lowest BCUT2D eigenvalue weighted by Gasteiger charge is -2.20. The molecule has 0 heterocycles. The number of hydrogen-bond acceptors (Lipinski definition) is 3. The number of nitrogen functional groups attached to an aromatic ring is 1. The number of carbonyl (C=O) groups is 2. The molecule has 0 saturated carbocycles. The van der Waals surface area contributed by atoms with Crippen molar-refractivity contribution < 1.29 is 9.59 Å². The third kappa shape index (κ3) is 1.67. The second-order valence-electron chi connectivity index (χ2n) is 4.52. The van der Waals surface area contributed by atoms with Gasteiger partial charge in [-0.3, -0.25) is 9.59 Å². The molecule has 1 aliphatic rings.